The second-order valence-corrected chi connectivity index (χ2v) is 9.24. The normalized spacial score (nSPS) is 15.9. The van der Waals surface area contributed by atoms with Crippen molar-refractivity contribution in [3.63, 3.8) is 0 Å². The van der Waals surface area contributed by atoms with E-state index in [4.69, 9.17) is 0 Å². The molecule has 1 aromatic carbocycles. The van der Waals surface area contributed by atoms with Crippen molar-refractivity contribution < 1.29 is 13.2 Å². The van der Waals surface area contributed by atoms with E-state index in [1.54, 1.807) is 23.5 Å². The summed E-state index contributed by atoms with van der Waals surface area (Å²) >= 11 is 1.63. The van der Waals surface area contributed by atoms with Crippen molar-refractivity contribution in [2.75, 3.05) is 31.5 Å². The Morgan fingerprint density at radius 1 is 1.19 bits per heavy atom. The lowest BCUT2D eigenvalue weighted by Crippen LogP contribution is -2.48. The lowest BCUT2D eigenvalue weighted by Gasteiger charge is -2.33. The van der Waals surface area contributed by atoms with Gasteiger partial charge in [0.15, 0.2) is 0 Å². The molecule has 1 N–H and O–H groups in total. The third-order valence-corrected chi connectivity index (χ3v) is 6.93. The van der Waals surface area contributed by atoms with Gasteiger partial charge in [-0.25, -0.2) is 13.4 Å². The number of aromatic nitrogens is 1. The number of benzene rings is 1. The van der Waals surface area contributed by atoms with Gasteiger partial charge in [0.1, 0.15) is 0 Å². The number of aryl methyl sites for hydroxylation is 1. The third-order valence-electron chi connectivity index (χ3n) is 4.20. The molecule has 1 aliphatic heterocycles. The molecule has 0 atom stereocenters. The number of amides is 1. The topological polar surface area (TPSA) is 82.6 Å². The summed E-state index contributed by atoms with van der Waals surface area (Å²) in [6.45, 7) is 6.42. The minimum atomic E-state index is -3.52. The van der Waals surface area contributed by atoms with E-state index in [2.05, 4.69) is 20.6 Å². The Balaban J connectivity index is 0.00000261. The highest BCUT2D eigenvalue weighted by Crippen LogP contribution is 2.20. The van der Waals surface area contributed by atoms with E-state index in [9.17, 15) is 13.2 Å². The number of halogens is 1. The quantitative estimate of drug-likeness (QED) is 0.787. The first-order valence-electron chi connectivity index (χ1n) is 8.36. The van der Waals surface area contributed by atoms with Gasteiger partial charge in [0.25, 0.3) is 0 Å². The highest BCUT2D eigenvalue weighted by atomic mass is 35.5. The van der Waals surface area contributed by atoms with E-state index in [-0.39, 0.29) is 23.2 Å². The van der Waals surface area contributed by atoms with Gasteiger partial charge in [-0.3, -0.25) is 9.69 Å². The molecule has 0 aliphatic carbocycles. The summed E-state index contributed by atoms with van der Waals surface area (Å²) in [5, 5.41) is 5.73. The minimum Gasteiger partial charge on any atom is -0.326 e. The van der Waals surface area contributed by atoms with Crippen LogP contribution in [0, 0.1) is 6.92 Å². The first-order chi connectivity index (χ1) is 12.3. The molecule has 1 fully saturated rings. The third kappa shape index (κ3) is 5.49. The fourth-order valence-corrected chi connectivity index (χ4v) is 4.93. The van der Waals surface area contributed by atoms with Crippen molar-refractivity contribution in [2.45, 2.75) is 25.3 Å². The minimum absolute atomic E-state index is 0. The first-order valence-corrected chi connectivity index (χ1v) is 10.7. The van der Waals surface area contributed by atoms with E-state index in [1.807, 2.05) is 6.92 Å². The molecule has 0 bridgehead atoms. The molecule has 0 saturated carbocycles. The molecule has 1 aromatic heterocycles. The molecule has 1 amide bonds. The summed E-state index contributed by atoms with van der Waals surface area (Å²) < 4.78 is 27.1. The molecular formula is C17H23ClN4O3S2. The number of rotatable bonds is 5. The summed E-state index contributed by atoms with van der Waals surface area (Å²) in [5.41, 5.74) is 1.62. The molecule has 2 aromatic rings. The fourth-order valence-electron chi connectivity index (χ4n) is 2.90. The van der Waals surface area contributed by atoms with Crippen LogP contribution >= 0.6 is 23.7 Å². The van der Waals surface area contributed by atoms with Gasteiger partial charge in [-0.05, 0) is 31.2 Å². The molecule has 7 nitrogen and oxygen atoms in total. The van der Waals surface area contributed by atoms with E-state index in [1.165, 1.54) is 23.4 Å². The lowest BCUT2D eigenvalue weighted by molar-refractivity contribution is -0.114. The molecule has 27 heavy (non-hydrogen) atoms. The maximum atomic E-state index is 12.8. The molecule has 0 spiro atoms. The average molecular weight is 431 g/mol. The average Bonchev–Trinajstić information content (AvgIpc) is 3.00. The summed E-state index contributed by atoms with van der Waals surface area (Å²) in [7, 11) is -3.52. The Morgan fingerprint density at radius 3 is 2.33 bits per heavy atom. The number of hydrogen-bond acceptors (Lipinski definition) is 6. The van der Waals surface area contributed by atoms with Gasteiger partial charge in [-0.15, -0.1) is 23.7 Å². The van der Waals surface area contributed by atoms with E-state index in [0.717, 1.165) is 17.2 Å². The summed E-state index contributed by atoms with van der Waals surface area (Å²) in [4.78, 5) is 18.0. The molecule has 10 heteroatoms. The predicted octanol–water partition coefficient (Wildman–Crippen LogP) is 2.34. The van der Waals surface area contributed by atoms with Crippen LogP contribution in [0.15, 0.2) is 34.5 Å². The molecule has 0 unspecified atom stereocenters. The van der Waals surface area contributed by atoms with E-state index < -0.39 is 10.0 Å². The highest BCUT2D eigenvalue weighted by Gasteiger charge is 2.28. The molecule has 1 saturated heterocycles. The Hall–Kier alpha value is -1.52. The number of piperazine rings is 1. The largest absolute Gasteiger partial charge is 0.326 e. The summed E-state index contributed by atoms with van der Waals surface area (Å²) in [6.07, 6.45) is 0. The van der Waals surface area contributed by atoms with Crippen molar-refractivity contribution in [2.24, 2.45) is 0 Å². The van der Waals surface area contributed by atoms with Gasteiger partial charge in [0, 0.05) is 50.7 Å². The number of thiazole rings is 1. The van der Waals surface area contributed by atoms with Gasteiger partial charge in [0.2, 0.25) is 15.9 Å². The van der Waals surface area contributed by atoms with E-state index in [0.29, 0.717) is 31.9 Å². The smallest absolute Gasteiger partial charge is 0.243 e. The van der Waals surface area contributed by atoms with Crippen molar-refractivity contribution in [3.8, 4) is 0 Å². The summed E-state index contributed by atoms with van der Waals surface area (Å²) in [5.74, 6) is -0.188. The van der Waals surface area contributed by atoms with Crippen LogP contribution in [0.2, 0.25) is 0 Å². The van der Waals surface area contributed by atoms with Gasteiger partial charge in [0.05, 0.1) is 15.6 Å². The van der Waals surface area contributed by atoms with Crippen LogP contribution in [0.4, 0.5) is 5.69 Å². The number of sulfonamides is 1. The zero-order valence-electron chi connectivity index (χ0n) is 15.2. The van der Waals surface area contributed by atoms with Crippen LogP contribution < -0.4 is 5.32 Å². The summed E-state index contributed by atoms with van der Waals surface area (Å²) in [6, 6.07) is 6.28. The second kappa shape index (κ2) is 9.11. The van der Waals surface area contributed by atoms with Gasteiger partial charge in [-0.2, -0.15) is 4.31 Å². The Morgan fingerprint density at radius 2 is 1.81 bits per heavy atom. The zero-order chi connectivity index (χ0) is 18.7. The van der Waals surface area contributed by atoms with Crippen LogP contribution in [-0.2, 0) is 21.4 Å². The predicted molar refractivity (Wildman–Crippen MR) is 109 cm³/mol. The number of nitrogens with one attached hydrogen (secondary N) is 1. The van der Waals surface area contributed by atoms with Crippen LogP contribution in [0.3, 0.4) is 0 Å². The maximum Gasteiger partial charge on any atom is 0.243 e. The van der Waals surface area contributed by atoms with Gasteiger partial charge < -0.3 is 5.32 Å². The van der Waals surface area contributed by atoms with E-state index >= 15 is 0 Å². The number of hydrogen-bond donors (Lipinski definition) is 1. The fraction of sp³-hybridized carbons (Fsp3) is 0.412. The molecule has 3 rings (SSSR count). The monoisotopic (exact) mass is 430 g/mol. The number of nitrogens with zero attached hydrogens (tertiary/aromatic N) is 3. The lowest BCUT2D eigenvalue weighted by atomic mass is 10.3. The van der Waals surface area contributed by atoms with Crippen LogP contribution in [0.5, 0.6) is 0 Å². The van der Waals surface area contributed by atoms with Crippen molar-refractivity contribution in [1.82, 2.24) is 14.2 Å². The number of carbonyl (C=O) groups excluding carboxylic acids is 1. The zero-order valence-corrected chi connectivity index (χ0v) is 17.7. The Bertz CT molecular complexity index is 876. The Labute approximate surface area is 169 Å². The van der Waals surface area contributed by atoms with Crippen LogP contribution in [-0.4, -0.2) is 54.7 Å². The first kappa shape index (κ1) is 21.8. The second-order valence-electron chi connectivity index (χ2n) is 6.24. The SMILES string of the molecule is CC(=O)Nc1ccc(S(=O)(=O)N2CCN(Cc3csc(C)n3)CC2)cc1.Cl. The molecule has 0 radical (unpaired) electrons. The molecule has 1 aliphatic rings. The molecule has 148 valence electrons. The number of carbonyl (C=O) groups is 1. The van der Waals surface area contributed by atoms with Gasteiger partial charge >= 0.3 is 0 Å². The van der Waals surface area contributed by atoms with Crippen molar-refractivity contribution in [3.05, 3.63) is 40.3 Å². The molecular weight excluding hydrogens is 408 g/mol. The van der Waals surface area contributed by atoms with Gasteiger partial charge in [-0.1, -0.05) is 0 Å². The molecule has 2 heterocycles. The Kier molecular flexibility index (Phi) is 7.35. The maximum absolute atomic E-state index is 12.8. The van der Waals surface area contributed by atoms with Crippen molar-refractivity contribution in [1.29, 1.82) is 0 Å². The standard InChI is InChI=1S/C17H22N4O3S2.ClH/c1-13(22)18-15-3-5-17(6-4-15)26(23,24)21-9-7-20(8-10-21)11-16-12-25-14(2)19-16;/h3-6,12H,7-11H2,1-2H3,(H,18,22);1H. The van der Waals surface area contributed by atoms with Crippen LogP contribution in [0.1, 0.15) is 17.6 Å². The number of anilines is 1. The van der Waals surface area contributed by atoms with Crippen molar-refractivity contribution >= 4 is 45.4 Å². The van der Waals surface area contributed by atoms with Crippen LogP contribution in [0.25, 0.3) is 0 Å². The highest BCUT2D eigenvalue weighted by molar-refractivity contribution is 7.89.